The monoisotopic (exact) mass is 283 g/mol. The molecule has 1 heterocycles. The van der Waals surface area contributed by atoms with Crippen molar-refractivity contribution in [3.8, 4) is 0 Å². The highest BCUT2D eigenvalue weighted by molar-refractivity contribution is 7.80. The largest absolute Gasteiger partial charge is 0.392 e. The average Bonchev–Trinajstić information content (AvgIpc) is 2.84. The van der Waals surface area contributed by atoms with Gasteiger partial charge in [0, 0.05) is 12.6 Å². The number of nitrogens with two attached hydrogens (primary N) is 1. The van der Waals surface area contributed by atoms with Crippen molar-refractivity contribution in [3.05, 3.63) is 0 Å². The fourth-order valence-corrected chi connectivity index (χ4v) is 3.61. The first-order valence-corrected chi connectivity index (χ1v) is 7.69. The number of hydrogen-bond donors (Lipinski definition) is 2. The lowest BCUT2D eigenvalue weighted by Gasteiger charge is -2.44. The lowest BCUT2D eigenvalue weighted by molar-refractivity contribution is -0.133. The Morgan fingerprint density at radius 3 is 2.53 bits per heavy atom. The minimum absolute atomic E-state index is 0.0316. The Kier molecular flexibility index (Phi) is 4.46. The van der Waals surface area contributed by atoms with Crippen LogP contribution in [0.15, 0.2) is 0 Å². The van der Waals surface area contributed by atoms with Crippen molar-refractivity contribution in [1.29, 1.82) is 0 Å². The Morgan fingerprint density at radius 1 is 1.47 bits per heavy atom. The van der Waals surface area contributed by atoms with E-state index in [1.165, 1.54) is 12.8 Å². The zero-order chi connectivity index (χ0) is 14.0. The van der Waals surface area contributed by atoms with E-state index in [1.807, 2.05) is 0 Å². The van der Waals surface area contributed by atoms with Crippen molar-refractivity contribution in [2.75, 3.05) is 19.6 Å². The molecule has 2 rings (SSSR count). The van der Waals surface area contributed by atoms with Gasteiger partial charge in [-0.25, -0.2) is 0 Å². The molecule has 19 heavy (non-hydrogen) atoms. The molecule has 2 fully saturated rings. The highest BCUT2D eigenvalue weighted by Gasteiger charge is 2.50. The number of nitrogens with zero attached hydrogens (tertiary/aromatic N) is 1. The van der Waals surface area contributed by atoms with E-state index < -0.39 is 5.41 Å². The highest BCUT2D eigenvalue weighted by atomic mass is 32.1. The molecule has 1 aliphatic heterocycles. The smallest absolute Gasteiger partial charge is 0.233 e. The second kappa shape index (κ2) is 5.75. The number of rotatable bonds is 5. The van der Waals surface area contributed by atoms with Gasteiger partial charge in [-0.2, -0.15) is 0 Å². The minimum atomic E-state index is -0.570. The molecule has 0 aromatic carbocycles. The first-order chi connectivity index (χ1) is 8.95. The Morgan fingerprint density at radius 2 is 2.05 bits per heavy atom. The Balaban J connectivity index is 1.84. The Labute approximate surface area is 121 Å². The van der Waals surface area contributed by atoms with Crippen LogP contribution >= 0.6 is 12.2 Å². The van der Waals surface area contributed by atoms with E-state index in [1.54, 1.807) is 0 Å². The molecule has 1 saturated heterocycles. The summed E-state index contributed by atoms with van der Waals surface area (Å²) in [4.78, 5) is 15.1. The number of carbonyl (C=O) groups excluding carboxylic acids is 1. The summed E-state index contributed by atoms with van der Waals surface area (Å²) in [5.41, 5.74) is 5.21. The molecule has 2 aliphatic rings. The maximum Gasteiger partial charge on any atom is 0.233 e. The summed E-state index contributed by atoms with van der Waals surface area (Å²) >= 11 is 5.10. The van der Waals surface area contributed by atoms with Crippen LogP contribution in [-0.4, -0.2) is 41.5 Å². The van der Waals surface area contributed by atoms with Gasteiger partial charge < -0.3 is 11.1 Å². The van der Waals surface area contributed by atoms with Gasteiger partial charge >= 0.3 is 0 Å². The van der Waals surface area contributed by atoms with E-state index in [4.69, 9.17) is 18.0 Å². The molecular weight excluding hydrogens is 258 g/mol. The average molecular weight is 283 g/mol. The van der Waals surface area contributed by atoms with Crippen LogP contribution < -0.4 is 11.1 Å². The maximum atomic E-state index is 12.4. The molecular formula is C14H25N3OS. The topological polar surface area (TPSA) is 58.4 Å². The molecule has 1 unspecified atom stereocenters. The number of nitrogens with one attached hydrogen (secondary N) is 1. The minimum Gasteiger partial charge on any atom is -0.392 e. The van der Waals surface area contributed by atoms with Crippen LogP contribution in [0, 0.1) is 11.3 Å². The van der Waals surface area contributed by atoms with E-state index in [9.17, 15) is 4.79 Å². The molecule has 0 aromatic rings. The van der Waals surface area contributed by atoms with E-state index in [0.29, 0.717) is 23.5 Å². The number of likely N-dealkylation sites (tertiary alicyclic amines) is 1. The van der Waals surface area contributed by atoms with Crippen LogP contribution in [0.5, 0.6) is 0 Å². The Hall–Kier alpha value is -0.680. The Bertz CT molecular complexity index is 360. The number of thiocarbonyl (C=S) groups is 1. The van der Waals surface area contributed by atoms with Gasteiger partial charge in [-0.05, 0) is 51.6 Å². The fourth-order valence-electron chi connectivity index (χ4n) is 3.35. The van der Waals surface area contributed by atoms with Gasteiger partial charge in [-0.1, -0.05) is 19.1 Å². The van der Waals surface area contributed by atoms with Gasteiger partial charge in [-0.15, -0.1) is 0 Å². The zero-order valence-corrected chi connectivity index (χ0v) is 12.8. The quantitative estimate of drug-likeness (QED) is 0.747. The predicted octanol–water partition coefficient (Wildman–Crippen LogP) is 1.29. The first-order valence-electron chi connectivity index (χ1n) is 7.28. The normalized spacial score (nSPS) is 32.6. The van der Waals surface area contributed by atoms with Crippen LogP contribution in [0.4, 0.5) is 0 Å². The molecule has 5 heteroatoms. The summed E-state index contributed by atoms with van der Waals surface area (Å²) in [5.74, 6) is 0.576. The fraction of sp³-hybridized carbons (Fsp3) is 0.857. The lowest BCUT2D eigenvalue weighted by Crippen LogP contribution is -2.57. The van der Waals surface area contributed by atoms with E-state index in [2.05, 4.69) is 24.1 Å². The van der Waals surface area contributed by atoms with Crippen molar-refractivity contribution in [2.24, 2.45) is 17.1 Å². The molecule has 1 aliphatic carbocycles. The van der Waals surface area contributed by atoms with Crippen LogP contribution in [0.2, 0.25) is 0 Å². The van der Waals surface area contributed by atoms with E-state index >= 15 is 0 Å². The van der Waals surface area contributed by atoms with Crippen molar-refractivity contribution >= 4 is 23.1 Å². The van der Waals surface area contributed by atoms with E-state index in [-0.39, 0.29) is 5.91 Å². The zero-order valence-electron chi connectivity index (χ0n) is 11.9. The molecule has 0 bridgehead atoms. The molecule has 1 atom stereocenters. The molecule has 108 valence electrons. The number of hydrogen-bond acceptors (Lipinski definition) is 3. The van der Waals surface area contributed by atoms with Crippen LogP contribution in [-0.2, 0) is 4.79 Å². The van der Waals surface area contributed by atoms with Gasteiger partial charge in [-0.3, -0.25) is 9.69 Å². The lowest BCUT2D eigenvalue weighted by atomic mass is 9.62. The summed E-state index contributed by atoms with van der Waals surface area (Å²) in [6.07, 6.45) is 4.14. The van der Waals surface area contributed by atoms with Gasteiger partial charge in [0.1, 0.15) is 0 Å². The van der Waals surface area contributed by atoms with Crippen molar-refractivity contribution in [2.45, 2.75) is 45.6 Å². The van der Waals surface area contributed by atoms with Gasteiger partial charge in [0.2, 0.25) is 5.91 Å². The van der Waals surface area contributed by atoms with Crippen LogP contribution in [0.3, 0.4) is 0 Å². The second-order valence-corrected chi connectivity index (χ2v) is 6.70. The standard InChI is InChI=1S/C14H25N3OS/c1-10-7-14(8-10,12(15)19)13(18)16-9-11(2)17-5-3-4-6-17/h10-11H,3-9H2,1-2H3,(H2,15,19)(H,16,18). The molecule has 1 saturated carbocycles. The predicted molar refractivity (Wildman–Crippen MR) is 80.9 cm³/mol. The third-order valence-corrected chi connectivity index (χ3v) is 5.01. The molecule has 4 nitrogen and oxygen atoms in total. The third kappa shape index (κ3) is 2.92. The van der Waals surface area contributed by atoms with Gasteiger partial charge in [0.15, 0.2) is 0 Å². The van der Waals surface area contributed by atoms with Crippen LogP contribution in [0.1, 0.15) is 39.5 Å². The van der Waals surface area contributed by atoms with Crippen LogP contribution in [0.25, 0.3) is 0 Å². The van der Waals surface area contributed by atoms with Crippen molar-refractivity contribution in [3.63, 3.8) is 0 Å². The summed E-state index contributed by atoms with van der Waals surface area (Å²) in [7, 11) is 0. The van der Waals surface area contributed by atoms with Crippen molar-refractivity contribution in [1.82, 2.24) is 10.2 Å². The van der Waals surface area contributed by atoms with Gasteiger partial charge in [0.05, 0.1) is 10.4 Å². The SMILES string of the molecule is CC1CC(C(=O)NCC(C)N2CCCC2)(C(N)=S)C1. The molecule has 0 aromatic heterocycles. The molecule has 0 spiro atoms. The summed E-state index contributed by atoms with van der Waals surface area (Å²) < 4.78 is 0. The molecule has 0 radical (unpaired) electrons. The second-order valence-electron chi connectivity index (χ2n) is 6.26. The summed E-state index contributed by atoms with van der Waals surface area (Å²) in [6, 6.07) is 0.396. The highest BCUT2D eigenvalue weighted by Crippen LogP contribution is 2.45. The maximum absolute atomic E-state index is 12.4. The number of amides is 1. The first kappa shape index (κ1) is 14.7. The van der Waals surface area contributed by atoms with E-state index in [0.717, 1.165) is 25.9 Å². The summed E-state index contributed by atoms with van der Waals surface area (Å²) in [6.45, 7) is 7.29. The van der Waals surface area contributed by atoms with Gasteiger partial charge in [0.25, 0.3) is 0 Å². The molecule has 3 N–H and O–H groups in total. The van der Waals surface area contributed by atoms with Crippen molar-refractivity contribution < 1.29 is 4.79 Å². The summed E-state index contributed by atoms with van der Waals surface area (Å²) in [5, 5.41) is 3.06. The number of carbonyl (C=O) groups is 1. The third-order valence-electron chi connectivity index (χ3n) is 4.62. The molecule has 1 amide bonds.